The Morgan fingerprint density at radius 2 is 1.63 bits per heavy atom. The molecule has 0 fully saturated rings. The van der Waals surface area contributed by atoms with Crippen LogP contribution >= 0.6 is 67.8 Å². The fourth-order valence-corrected chi connectivity index (χ4v) is 4.19. The first-order valence-electron chi connectivity index (χ1n) is 5.65. The number of aromatic hydroxyl groups is 1. The van der Waals surface area contributed by atoms with Crippen LogP contribution in [-0.2, 0) is 6.42 Å². The van der Waals surface area contributed by atoms with Crippen LogP contribution in [0.3, 0.4) is 0 Å². The summed E-state index contributed by atoms with van der Waals surface area (Å²) < 4.78 is 8.93. The van der Waals surface area contributed by atoms with Crippen molar-refractivity contribution >= 4 is 67.8 Å². The summed E-state index contributed by atoms with van der Waals surface area (Å²) in [5.41, 5.74) is 1.31. The predicted molar refractivity (Wildman–Crippen MR) is 102 cm³/mol. The molecule has 0 aliphatic rings. The average Bonchev–Trinajstić information content (AvgIpc) is 2.37. The van der Waals surface area contributed by atoms with Crippen LogP contribution in [0.5, 0.6) is 17.2 Å². The summed E-state index contributed by atoms with van der Waals surface area (Å²) in [5.74, 6) is 1.89. The largest absolute Gasteiger partial charge is 0.507 e. The Balaban J connectivity index is 2.35. The van der Waals surface area contributed by atoms with E-state index in [4.69, 9.17) is 4.74 Å². The smallest absolute Gasteiger partial charge is 0.154 e. The average molecular weight is 592 g/mol. The van der Waals surface area contributed by atoms with Crippen molar-refractivity contribution < 1.29 is 9.84 Å². The molecule has 0 saturated heterocycles. The van der Waals surface area contributed by atoms with E-state index in [0.29, 0.717) is 0 Å². The second-order valence-corrected chi connectivity index (χ2v) is 7.44. The van der Waals surface area contributed by atoms with Crippen LogP contribution in [0.15, 0.2) is 30.3 Å². The number of phenolic OH excluding ortho intramolecular Hbond substituents is 1. The maximum atomic E-state index is 9.52. The number of halogens is 3. The first-order chi connectivity index (χ1) is 9.01. The molecule has 0 radical (unpaired) electrons. The van der Waals surface area contributed by atoms with Gasteiger partial charge in [-0.05, 0) is 110 Å². The molecule has 2 rings (SSSR count). The molecule has 19 heavy (non-hydrogen) atoms. The lowest BCUT2D eigenvalue weighted by Gasteiger charge is -2.12. The molecule has 2 aromatic rings. The molecule has 2 nitrogen and oxygen atoms in total. The van der Waals surface area contributed by atoms with Crippen molar-refractivity contribution in [2.45, 2.75) is 13.3 Å². The van der Waals surface area contributed by atoms with E-state index in [0.717, 1.165) is 28.6 Å². The zero-order valence-electron chi connectivity index (χ0n) is 10.1. The van der Waals surface area contributed by atoms with Crippen LogP contribution < -0.4 is 4.74 Å². The molecule has 0 amide bonds. The monoisotopic (exact) mass is 592 g/mol. The lowest BCUT2D eigenvalue weighted by molar-refractivity contribution is 0.458. The molecule has 0 aliphatic heterocycles. The lowest BCUT2D eigenvalue weighted by Crippen LogP contribution is -1.94. The third-order valence-corrected chi connectivity index (χ3v) is 5.07. The van der Waals surface area contributed by atoms with Gasteiger partial charge >= 0.3 is 0 Å². The SMILES string of the molecule is CCc1cc(I)c(Oc2ccc(O)c(I)c2)c(I)c1. The molecule has 0 aromatic heterocycles. The van der Waals surface area contributed by atoms with Gasteiger partial charge in [-0.3, -0.25) is 0 Å². The molecule has 0 aliphatic carbocycles. The first kappa shape index (κ1) is 15.6. The van der Waals surface area contributed by atoms with E-state index < -0.39 is 0 Å². The molecule has 5 heteroatoms. The molecular formula is C14H11I3O2. The third kappa shape index (κ3) is 3.87. The number of phenols is 1. The number of ether oxygens (including phenoxy) is 1. The van der Waals surface area contributed by atoms with Crippen LogP contribution in [0.25, 0.3) is 0 Å². The van der Waals surface area contributed by atoms with E-state index in [1.54, 1.807) is 12.1 Å². The van der Waals surface area contributed by atoms with Crippen molar-refractivity contribution in [3.05, 3.63) is 46.6 Å². The molecule has 100 valence electrons. The molecule has 0 atom stereocenters. The lowest BCUT2D eigenvalue weighted by atomic mass is 10.2. The molecule has 2 aromatic carbocycles. The second kappa shape index (κ2) is 6.79. The normalized spacial score (nSPS) is 10.5. The molecule has 1 N–H and O–H groups in total. The molecular weight excluding hydrogens is 581 g/mol. The fraction of sp³-hybridized carbons (Fsp3) is 0.143. The van der Waals surface area contributed by atoms with Gasteiger partial charge in [0.1, 0.15) is 11.5 Å². The highest BCUT2D eigenvalue weighted by molar-refractivity contribution is 14.1. The highest BCUT2D eigenvalue weighted by Crippen LogP contribution is 2.34. The van der Waals surface area contributed by atoms with Gasteiger partial charge in [0.05, 0.1) is 10.7 Å². The zero-order valence-corrected chi connectivity index (χ0v) is 16.6. The van der Waals surface area contributed by atoms with Crippen LogP contribution in [0.2, 0.25) is 0 Å². The Morgan fingerprint density at radius 3 is 2.16 bits per heavy atom. The van der Waals surface area contributed by atoms with Gasteiger partial charge in [-0.2, -0.15) is 0 Å². The number of rotatable bonds is 3. The van der Waals surface area contributed by atoms with Gasteiger partial charge in [-0.25, -0.2) is 0 Å². The summed E-state index contributed by atoms with van der Waals surface area (Å²) in [6.45, 7) is 2.14. The van der Waals surface area contributed by atoms with Gasteiger partial charge in [-0.1, -0.05) is 6.92 Å². The first-order valence-corrected chi connectivity index (χ1v) is 8.89. The van der Waals surface area contributed by atoms with Gasteiger partial charge in [0.2, 0.25) is 0 Å². The van der Waals surface area contributed by atoms with Crippen molar-refractivity contribution in [3.8, 4) is 17.2 Å². The minimum absolute atomic E-state index is 0.277. The van der Waals surface area contributed by atoms with Crippen molar-refractivity contribution in [1.82, 2.24) is 0 Å². The van der Waals surface area contributed by atoms with Crippen molar-refractivity contribution in [2.75, 3.05) is 0 Å². The topological polar surface area (TPSA) is 29.5 Å². The zero-order chi connectivity index (χ0) is 14.0. The van der Waals surface area contributed by atoms with E-state index >= 15 is 0 Å². The number of benzene rings is 2. The van der Waals surface area contributed by atoms with Crippen molar-refractivity contribution in [3.63, 3.8) is 0 Å². The third-order valence-electron chi connectivity index (χ3n) is 2.61. The molecule has 0 unspecified atom stereocenters. The van der Waals surface area contributed by atoms with Gasteiger partial charge in [-0.15, -0.1) is 0 Å². The Bertz CT molecular complexity index is 589. The fourth-order valence-electron chi connectivity index (χ4n) is 1.58. The van der Waals surface area contributed by atoms with E-state index in [2.05, 4.69) is 86.8 Å². The summed E-state index contributed by atoms with van der Waals surface area (Å²) in [7, 11) is 0. The molecule has 0 heterocycles. The second-order valence-electron chi connectivity index (χ2n) is 3.96. The summed E-state index contributed by atoms with van der Waals surface area (Å²) in [4.78, 5) is 0. The van der Waals surface area contributed by atoms with Gasteiger partial charge in [0.25, 0.3) is 0 Å². The summed E-state index contributed by atoms with van der Waals surface area (Å²) in [6, 6.07) is 9.54. The number of hydrogen-bond donors (Lipinski definition) is 1. The van der Waals surface area contributed by atoms with Crippen LogP contribution in [0.4, 0.5) is 0 Å². The molecule has 0 spiro atoms. The van der Waals surface area contributed by atoms with Crippen LogP contribution in [0.1, 0.15) is 12.5 Å². The maximum absolute atomic E-state index is 9.52. The number of aryl methyl sites for hydroxylation is 1. The van der Waals surface area contributed by atoms with Crippen LogP contribution in [0, 0.1) is 10.7 Å². The van der Waals surface area contributed by atoms with Gasteiger partial charge < -0.3 is 9.84 Å². The predicted octanol–water partition coefficient (Wildman–Crippen LogP) is 5.56. The van der Waals surface area contributed by atoms with E-state index in [1.807, 2.05) is 6.07 Å². The van der Waals surface area contributed by atoms with Crippen molar-refractivity contribution in [1.29, 1.82) is 0 Å². The molecule has 0 bridgehead atoms. The van der Waals surface area contributed by atoms with Crippen LogP contribution in [-0.4, -0.2) is 5.11 Å². The van der Waals surface area contributed by atoms with Crippen molar-refractivity contribution in [2.24, 2.45) is 0 Å². The summed E-state index contributed by atoms with van der Waals surface area (Å²) in [6.07, 6.45) is 1.02. The summed E-state index contributed by atoms with van der Waals surface area (Å²) >= 11 is 6.68. The van der Waals surface area contributed by atoms with E-state index in [-0.39, 0.29) is 5.75 Å². The quantitative estimate of drug-likeness (QED) is 0.474. The standard InChI is InChI=1S/C14H11I3O2/c1-2-8-5-11(16)14(12(17)6-8)19-9-3-4-13(18)10(15)7-9/h3-7,18H,2H2,1H3. The Hall–Kier alpha value is 0.230. The minimum Gasteiger partial charge on any atom is -0.507 e. The van der Waals surface area contributed by atoms with E-state index in [1.165, 1.54) is 5.56 Å². The van der Waals surface area contributed by atoms with Gasteiger partial charge in [0.15, 0.2) is 5.75 Å². The van der Waals surface area contributed by atoms with Gasteiger partial charge in [0, 0.05) is 0 Å². The number of hydrogen-bond acceptors (Lipinski definition) is 2. The Kier molecular flexibility index (Phi) is 5.58. The Labute approximate surface area is 153 Å². The Morgan fingerprint density at radius 1 is 1.00 bits per heavy atom. The highest BCUT2D eigenvalue weighted by Gasteiger charge is 2.10. The minimum atomic E-state index is 0.277. The highest BCUT2D eigenvalue weighted by atomic mass is 127. The maximum Gasteiger partial charge on any atom is 0.154 e. The van der Waals surface area contributed by atoms with E-state index in [9.17, 15) is 5.11 Å². The summed E-state index contributed by atoms with van der Waals surface area (Å²) in [5, 5.41) is 9.52. The molecule has 0 saturated carbocycles.